The number of hydrogen-bond acceptors (Lipinski definition) is 8. The summed E-state index contributed by atoms with van der Waals surface area (Å²) >= 11 is 0. The molecule has 1 aliphatic rings. The van der Waals surface area contributed by atoms with Crippen molar-refractivity contribution >= 4 is 0 Å². The van der Waals surface area contributed by atoms with E-state index in [2.05, 4.69) is 0 Å². The average molecular weight is 268 g/mol. The van der Waals surface area contributed by atoms with Crippen LogP contribution in [0.5, 0.6) is 0 Å². The molecular formula is C10H20O8. The Labute approximate surface area is 104 Å². The van der Waals surface area contributed by atoms with Gasteiger partial charge in [-0.1, -0.05) is 0 Å². The monoisotopic (exact) mass is 268 g/mol. The number of aliphatic hydroxyl groups excluding tert-OH is 6. The summed E-state index contributed by atoms with van der Waals surface area (Å²) in [5, 5.41) is 55.6. The van der Waals surface area contributed by atoms with Crippen molar-refractivity contribution in [3.05, 3.63) is 0 Å². The SMILES string of the molecule is C[C@H](OC1OC(CO)C(O)C(O)C1O)C(O)CO. The minimum absolute atomic E-state index is 0.529. The molecule has 0 aliphatic carbocycles. The Morgan fingerprint density at radius 3 is 2.22 bits per heavy atom. The third-order valence-corrected chi connectivity index (χ3v) is 2.93. The Morgan fingerprint density at radius 1 is 1.11 bits per heavy atom. The molecule has 7 atom stereocenters. The van der Waals surface area contributed by atoms with Gasteiger partial charge in [-0.25, -0.2) is 0 Å². The lowest BCUT2D eigenvalue weighted by atomic mass is 9.99. The zero-order valence-electron chi connectivity index (χ0n) is 9.96. The first-order chi connectivity index (χ1) is 8.42. The Balaban J connectivity index is 2.64. The van der Waals surface area contributed by atoms with Crippen LogP contribution in [0.1, 0.15) is 6.92 Å². The molecule has 0 spiro atoms. The molecule has 0 saturated carbocycles. The van der Waals surface area contributed by atoms with Gasteiger partial charge in [-0.15, -0.1) is 0 Å². The topological polar surface area (TPSA) is 140 Å². The van der Waals surface area contributed by atoms with Gasteiger partial charge in [-0.3, -0.25) is 0 Å². The highest BCUT2D eigenvalue weighted by molar-refractivity contribution is 4.89. The first-order valence-electron chi connectivity index (χ1n) is 5.67. The van der Waals surface area contributed by atoms with Gasteiger partial charge in [0.05, 0.1) is 19.3 Å². The van der Waals surface area contributed by atoms with E-state index in [1.54, 1.807) is 0 Å². The normalized spacial score (nSPS) is 40.5. The molecule has 6 N–H and O–H groups in total. The molecule has 0 aromatic carbocycles. The van der Waals surface area contributed by atoms with E-state index < -0.39 is 56.1 Å². The largest absolute Gasteiger partial charge is 0.394 e. The van der Waals surface area contributed by atoms with Crippen LogP contribution in [-0.4, -0.2) is 86.8 Å². The van der Waals surface area contributed by atoms with Crippen molar-refractivity contribution in [2.75, 3.05) is 13.2 Å². The van der Waals surface area contributed by atoms with Crippen molar-refractivity contribution in [1.82, 2.24) is 0 Å². The maximum atomic E-state index is 9.64. The predicted octanol–water partition coefficient (Wildman–Crippen LogP) is -3.46. The highest BCUT2D eigenvalue weighted by Crippen LogP contribution is 2.23. The molecule has 0 amide bonds. The Hall–Kier alpha value is -0.320. The highest BCUT2D eigenvalue weighted by Gasteiger charge is 2.44. The molecule has 1 aliphatic heterocycles. The number of ether oxygens (including phenoxy) is 2. The van der Waals surface area contributed by atoms with Crippen LogP contribution in [0.3, 0.4) is 0 Å². The summed E-state index contributed by atoms with van der Waals surface area (Å²) in [4.78, 5) is 0. The van der Waals surface area contributed by atoms with E-state index in [-0.39, 0.29) is 0 Å². The van der Waals surface area contributed by atoms with Gasteiger partial charge >= 0.3 is 0 Å². The molecule has 8 heteroatoms. The molecular weight excluding hydrogens is 248 g/mol. The van der Waals surface area contributed by atoms with E-state index in [4.69, 9.17) is 19.7 Å². The molecule has 0 aromatic rings. The van der Waals surface area contributed by atoms with Crippen molar-refractivity contribution in [1.29, 1.82) is 0 Å². The molecule has 6 unspecified atom stereocenters. The minimum Gasteiger partial charge on any atom is -0.394 e. The second-order valence-electron chi connectivity index (χ2n) is 4.29. The highest BCUT2D eigenvalue weighted by atomic mass is 16.7. The average Bonchev–Trinajstić information content (AvgIpc) is 2.38. The van der Waals surface area contributed by atoms with Crippen LogP contribution in [0, 0.1) is 0 Å². The van der Waals surface area contributed by atoms with Gasteiger partial charge in [-0.05, 0) is 6.92 Å². The fourth-order valence-electron chi connectivity index (χ4n) is 1.63. The van der Waals surface area contributed by atoms with Gasteiger partial charge in [0.25, 0.3) is 0 Å². The summed E-state index contributed by atoms with van der Waals surface area (Å²) in [6, 6.07) is 0. The summed E-state index contributed by atoms with van der Waals surface area (Å²) in [5.74, 6) is 0. The van der Waals surface area contributed by atoms with Crippen molar-refractivity contribution in [3.63, 3.8) is 0 Å². The Bertz CT molecular complexity index is 248. The smallest absolute Gasteiger partial charge is 0.187 e. The second-order valence-corrected chi connectivity index (χ2v) is 4.29. The summed E-state index contributed by atoms with van der Waals surface area (Å²) in [6.07, 6.45) is -8.89. The zero-order chi connectivity index (χ0) is 13.9. The lowest BCUT2D eigenvalue weighted by molar-refractivity contribution is -0.315. The maximum Gasteiger partial charge on any atom is 0.187 e. The fraction of sp³-hybridized carbons (Fsp3) is 1.00. The fourth-order valence-corrected chi connectivity index (χ4v) is 1.63. The molecule has 0 aromatic heterocycles. The predicted molar refractivity (Wildman–Crippen MR) is 57.4 cm³/mol. The van der Waals surface area contributed by atoms with Gasteiger partial charge < -0.3 is 40.1 Å². The molecule has 1 fully saturated rings. The lowest BCUT2D eigenvalue weighted by Crippen LogP contribution is -2.60. The zero-order valence-corrected chi connectivity index (χ0v) is 9.96. The number of rotatable bonds is 5. The molecule has 1 saturated heterocycles. The van der Waals surface area contributed by atoms with Crippen molar-refractivity contribution in [2.45, 2.75) is 49.8 Å². The van der Waals surface area contributed by atoms with E-state index in [0.717, 1.165) is 0 Å². The molecule has 108 valence electrons. The number of hydrogen-bond donors (Lipinski definition) is 6. The van der Waals surface area contributed by atoms with Crippen LogP contribution >= 0.6 is 0 Å². The summed E-state index contributed by atoms with van der Waals surface area (Å²) in [6.45, 7) is 0.364. The van der Waals surface area contributed by atoms with E-state index in [1.807, 2.05) is 0 Å². The summed E-state index contributed by atoms with van der Waals surface area (Å²) in [7, 11) is 0. The van der Waals surface area contributed by atoms with Crippen LogP contribution in [0.25, 0.3) is 0 Å². The minimum atomic E-state index is -1.53. The first-order valence-corrected chi connectivity index (χ1v) is 5.67. The maximum absolute atomic E-state index is 9.64. The van der Waals surface area contributed by atoms with Gasteiger partial charge in [0.1, 0.15) is 30.5 Å². The van der Waals surface area contributed by atoms with Crippen LogP contribution in [0.4, 0.5) is 0 Å². The van der Waals surface area contributed by atoms with Gasteiger partial charge in [0.15, 0.2) is 6.29 Å². The summed E-state index contributed by atoms with van der Waals surface area (Å²) in [5.41, 5.74) is 0. The standard InChI is InChI=1S/C10H20O8/c1-4(5(13)2-11)17-10-9(16)8(15)7(14)6(3-12)18-10/h4-16H,2-3H2,1H3/t4-,5?,6?,7?,8?,9?,10?/m0/s1. The Morgan fingerprint density at radius 2 is 1.72 bits per heavy atom. The molecule has 0 radical (unpaired) electrons. The van der Waals surface area contributed by atoms with Gasteiger partial charge in [-0.2, -0.15) is 0 Å². The van der Waals surface area contributed by atoms with Crippen LogP contribution < -0.4 is 0 Å². The van der Waals surface area contributed by atoms with Gasteiger partial charge in [0.2, 0.25) is 0 Å². The lowest BCUT2D eigenvalue weighted by Gasteiger charge is -2.40. The van der Waals surface area contributed by atoms with E-state index in [1.165, 1.54) is 6.92 Å². The van der Waals surface area contributed by atoms with Crippen LogP contribution in [0.15, 0.2) is 0 Å². The third kappa shape index (κ3) is 3.37. The van der Waals surface area contributed by atoms with Crippen LogP contribution in [-0.2, 0) is 9.47 Å². The molecule has 1 heterocycles. The van der Waals surface area contributed by atoms with E-state index in [9.17, 15) is 20.4 Å². The quantitative estimate of drug-likeness (QED) is 0.302. The Kier molecular flexibility index (Phi) is 5.89. The van der Waals surface area contributed by atoms with Crippen LogP contribution in [0.2, 0.25) is 0 Å². The third-order valence-electron chi connectivity index (χ3n) is 2.93. The van der Waals surface area contributed by atoms with E-state index in [0.29, 0.717) is 0 Å². The summed E-state index contributed by atoms with van der Waals surface area (Å²) < 4.78 is 10.2. The molecule has 18 heavy (non-hydrogen) atoms. The van der Waals surface area contributed by atoms with Crippen molar-refractivity contribution in [3.8, 4) is 0 Å². The van der Waals surface area contributed by atoms with Crippen molar-refractivity contribution < 1.29 is 40.1 Å². The second kappa shape index (κ2) is 6.73. The van der Waals surface area contributed by atoms with Crippen molar-refractivity contribution in [2.24, 2.45) is 0 Å². The molecule has 0 bridgehead atoms. The van der Waals surface area contributed by atoms with Gasteiger partial charge in [0, 0.05) is 0 Å². The number of aliphatic hydroxyl groups is 6. The first kappa shape index (κ1) is 15.7. The van der Waals surface area contributed by atoms with E-state index >= 15 is 0 Å². The molecule has 8 nitrogen and oxygen atoms in total. The molecule has 1 rings (SSSR count).